The molecule has 0 aliphatic rings. The monoisotopic (exact) mass is 287 g/mol. The Morgan fingerprint density at radius 2 is 1.90 bits per heavy atom. The highest BCUT2D eigenvalue weighted by Gasteiger charge is 2.12. The van der Waals surface area contributed by atoms with Crippen LogP contribution < -0.4 is 10.1 Å². The minimum absolute atomic E-state index is 0.105. The lowest BCUT2D eigenvalue weighted by atomic mass is 10.1. The van der Waals surface area contributed by atoms with Gasteiger partial charge in [-0.25, -0.2) is 4.39 Å². The van der Waals surface area contributed by atoms with Crippen LogP contribution in [0.1, 0.15) is 30.5 Å². The van der Waals surface area contributed by atoms with E-state index in [2.05, 4.69) is 24.4 Å². The third kappa shape index (κ3) is 4.57. The normalized spacial score (nSPS) is 12.1. The first-order chi connectivity index (χ1) is 10.2. The lowest BCUT2D eigenvalue weighted by Gasteiger charge is -2.20. The fourth-order valence-electron chi connectivity index (χ4n) is 2.18. The molecule has 1 atom stereocenters. The van der Waals surface area contributed by atoms with E-state index >= 15 is 0 Å². The van der Waals surface area contributed by atoms with Crippen LogP contribution in [0.5, 0.6) is 5.75 Å². The van der Waals surface area contributed by atoms with Crippen LogP contribution in [-0.2, 0) is 0 Å². The van der Waals surface area contributed by atoms with Gasteiger partial charge >= 0.3 is 0 Å². The zero-order valence-corrected chi connectivity index (χ0v) is 12.6. The molecule has 2 aromatic carbocycles. The lowest BCUT2D eigenvalue weighted by Crippen LogP contribution is -2.27. The summed E-state index contributed by atoms with van der Waals surface area (Å²) in [4.78, 5) is 0. The highest BCUT2D eigenvalue weighted by Crippen LogP contribution is 2.21. The van der Waals surface area contributed by atoms with Crippen LogP contribution >= 0.6 is 0 Å². The van der Waals surface area contributed by atoms with E-state index in [0.717, 1.165) is 18.5 Å². The van der Waals surface area contributed by atoms with E-state index in [4.69, 9.17) is 4.74 Å². The first kappa shape index (κ1) is 15.5. The first-order valence-corrected chi connectivity index (χ1v) is 7.38. The summed E-state index contributed by atoms with van der Waals surface area (Å²) in [6.07, 6.45) is 1.06. The predicted molar refractivity (Wildman–Crippen MR) is 84.1 cm³/mol. The Morgan fingerprint density at radius 1 is 1.14 bits per heavy atom. The Labute approximate surface area is 126 Å². The summed E-state index contributed by atoms with van der Waals surface area (Å²) in [7, 11) is 0. The van der Waals surface area contributed by atoms with Gasteiger partial charge in [0, 0.05) is 6.07 Å². The molecule has 0 amide bonds. The molecule has 0 saturated carbocycles. The van der Waals surface area contributed by atoms with Crippen molar-refractivity contribution in [3.8, 4) is 5.75 Å². The summed E-state index contributed by atoms with van der Waals surface area (Å²) in [6.45, 7) is 5.46. The van der Waals surface area contributed by atoms with Crippen molar-refractivity contribution in [2.75, 3.05) is 13.2 Å². The van der Waals surface area contributed by atoms with Crippen molar-refractivity contribution in [1.29, 1.82) is 0 Å². The molecule has 0 radical (unpaired) electrons. The molecular formula is C18H22FNO. The van der Waals surface area contributed by atoms with Gasteiger partial charge in [-0.1, -0.05) is 43.3 Å². The van der Waals surface area contributed by atoms with Crippen molar-refractivity contribution in [1.82, 2.24) is 5.32 Å². The maximum atomic E-state index is 13.3. The van der Waals surface area contributed by atoms with Crippen LogP contribution in [0.25, 0.3) is 0 Å². The molecular weight excluding hydrogens is 265 g/mol. The summed E-state index contributed by atoms with van der Waals surface area (Å²) in [5.41, 5.74) is 2.12. The minimum atomic E-state index is -0.270. The van der Waals surface area contributed by atoms with Gasteiger partial charge in [0.2, 0.25) is 0 Å². The highest BCUT2D eigenvalue weighted by molar-refractivity contribution is 5.33. The van der Waals surface area contributed by atoms with Gasteiger partial charge < -0.3 is 10.1 Å². The van der Waals surface area contributed by atoms with Crippen LogP contribution in [0.3, 0.4) is 0 Å². The molecule has 0 aliphatic carbocycles. The molecule has 2 nitrogen and oxygen atoms in total. The van der Waals surface area contributed by atoms with Crippen LogP contribution in [0.15, 0.2) is 48.5 Å². The molecule has 0 fully saturated rings. The van der Waals surface area contributed by atoms with Crippen LogP contribution in [0, 0.1) is 12.7 Å². The third-order valence-electron chi connectivity index (χ3n) is 3.40. The first-order valence-electron chi connectivity index (χ1n) is 7.38. The number of ether oxygens (including phenoxy) is 1. The van der Waals surface area contributed by atoms with Crippen LogP contribution in [-0.4, -0.2) is 13.2 Å². The molecule has 1 unspecified atom stereocenters. The maximum absolute atomic E-state index is 13.3. The van der Waals surface area contributed by atoms with Crippen molar-refractivity contribution in [3.63, 3.8) is 0 Å². The summed E-state index contributed by atoms with van der Waals surface area (Å²) >= 11 is 0. The number of nitrogens with one attached hydrogen (secondary N) is 1. The van der Waals surface area contributed by atoms with Crippen molar-refractivity contribution in [2.45, 2.75) is 26.3 Å². The van der Waals surface area contributed by atoms with Crippen molar-refractivity contribution >= 4 is 0 Å². The topological polar surface area (TPSA) is 21.3 Å². The van der Waals surface area contributed by atoms with Crippen molar-refractivity contribution < 1.29 is 9.13 Å². The van der Waals surface area contributed by atoms with Crippen LogP contribution in [0.4, 0.5) is 4.39 Å². The van der Waals surface area contributed by atoms with Gasteiger partial charge in [-0.15, -0.1) is 0 Å². The molecule has 0 spiro atoms. The summed E-state index contributed by atoms with van der Waals surface area (Å²) in [5.74, 6) is 0.336. The summed E-state index contributed by atoms with van der Waals surface area (Å²) < 4.78 is 19.1. The number of hydrogen-bond acceptors (Lipinski definition) is 2. The Bertz CT molecular complexity index is 556. The molecule has 112 valence electrons. The van der Waals surface area contributed by atoms with Gasteiger partial charge in [0.15, 0.2) is 0 Å². The molecule has 0 aromatic heterocycles. The van der Waals surface area contributed by atoms with E-state index in [1.807, 2.05) is 25.1 Å². The molecule has 2 aromatic rings. The lowest BCUT2D eigenvalue weighted by molar-refractivity contribution is 0.264. The second kappa shape index (κ2) is 7.79. The molecule has 0 heterocycles. The van der Waals surface area contributed by atoms with Crippen molar-refractivity contribution in [3.05, 3.63) is 65.5 Å². The van der Waals surface area contributed by atoms with Gasteiger partial charge in [0.1, 0.15) is 18.2 Å². The SMILES string of the molecule is CCCNC(COc1cc(F)ccc1C)c1ccccc1. The standard InChI is InChI=1S/C18H22FNO/c1-3-11-20-17(15-7-5-4-6-8-15)13-21-18-12-16(19)10-9-14(18)2/h4-10,12,17,20H,3,11,13H2,1-2H3. The number of benzene rings is 2. The molecule has 3 heteroatoms. The van der Waals surface area contributed by atoms with Gasteiger partial charge in [-0.3, -0.25) is 0 Å². The van der Waals surface area contributed by atoms with E-state index in [1.54, 1.807) is 6.07 Å². The molecule has 21 heavy (non-hydrogen) atoms. The van der Waals surface area contributed by atoms with E-state index in [-0.39, 0.29) is 11.9 Å². The van der Waals surface area contributed by atoms with Gasteiger partial charge in [0.25, 0.3) is 0 Å². The van der Waals surface area contributed by atoms with E-state index in [1.165, 1.54) is 17.7 Å². The number of rotatable bonds is 7. The highest BCUT2D eigenvalue weighted by atomic mass is 19.1. The Hall–Kier alpha value is -1.87. The summed E-state index contributed by atoms with van der Waals surface area (Å²) in [5, 5.41) is 3.47. The largest absolute Gasteiger partial charge is 0.491 e. The Balaban J connectivity index is 2.07. The van der Waals surface area contributed by atoms with Gasteiger partial charge in [-0.05, 0) is 37.1 Å². The van der Waals surface area contributed by atoms with Gasteiger partial charge in [-0.2, -0.15) is 0 Å². The molecule has 0 bridgehead atoms. The fourth-order valence-corrected chi connectivity index (χ4v) is 2.18. The maximum Gasteiger partial charge on any atom is 0.126 e. The zero-order chi connectivity index (χ0) is 15.1. The van der Waals surface area contributed by atoms with E-state index < -0.39 is 0 Å². The predicted octanol–water partition coefficient (Wildman–Crippen LogP) is 4.25. The van der Waals surface area contributed by atoms with E-state index in [9.17, 15) is 4.39 Å². The Kier molecular flexibility index (Phi) is 5.76. The number of hydrogen-bond donors (Lipinski definition) is 1. The minimum Gasteiger partial charge on any atom is -0.491 e. The number of aryl methyl sites for hydroxylation is 1. The molecule has 1 N–H and O–H groups in total. The fraction of sp³-hybridized carbons (Fsp3) is 0.333. The average molecular weight is 287 g/mol. The third-order valence-corrected chi connectivity index (χ3v) is 3.40. The molecule has 0 saturated heterocycles. The summed E-state index contributed by atoms with van der Waals surface area (Å²) in [6, 6.07) is 14.9. The molecule has 2 rings (SSSR count). The van der Waals surface area contributed by atoms with Crippen molar-refractivity contribution in [2.24, 2.45) is 0 Å². The Morgan fingerprint density at radius 3 is 2.62 bits per heavy atom. The van der Waals surface area contributed by atoms with E-state index in [0.29, 0.717) is 12.4 Å². The smallest absolute Gasteiger partial charge is 0.126 e. The average Bonchev–Trinajstić information content (AvgIpc) is 2.51. The second-order valence-corrected chi connectivity index (χ2v) is 5.14. The zero-order valence-electron chi connectivity index (χ0n) is 12.6. The number of halogens is 1. The van der Waals surface area contributed by atoms with Crippen LogP contribution in [0.2, 0.25) is 0 Å². The van der Waals surface area contributed by atoms with Gasteiger partial charge in [0.05, 0.1) is 6.04 Å². The molecule has 0 aliphatic heterocycles. The quantitative estimate of drug-likeness (QED) is 0.822. The second-order valence-electron chi connectivity index (χ2n) is 5.14.